The number of nitrogens with zero attached hydrogens (tertiary/aromatic N) is 2. The monoisotopic (exact) mass is 235 g/mol. The summed E-state index contributed by atoms with van der Waals surface area (Å²) in [5, 5.41) is 3.08. The second-order valence-electron chi connectivity index (χ2n) is 4.73. The molecule has 17 heavy (non-hydrogen) atoms. The summed E-state index contributed by atoms with van der Waals surface area (Å²) in [6.45, 7) is 2.00. The Hall–Kier alpha value is -1.16. The largest absolute Gasteiger partial charge is 0.373 e. The molecule has 94 valence electrons. The van der Waals surface area contributed by atoms with E-state index in [4.69, 9.17) is 4.74 Å². The van der Waals surface area contributed by atoms with Crippen LogP contribution in [0.2, 0.25) is 0 Å². The molecule has 1 N–H and O–H groups in total. The highest BCUT2D eigenvalue weighted by Crippen LogP contribution is 2.38. The third-order valence-electron chi connectivity index (χ3n) is 3.57. The highest BCUT2D eigenvalue weighted by atomic mass is 16.5. The first-order chi connectivity index (χ1) is 8.20. The molecule has 0 aromatic carbocycles. The van der Waals surface area contributed by atoms with Crippen molar-refractivity contribution in [3.05, 3.63) is 17.6 Å². The molecule has 4 nitrogen and oxygen atoms in total. The Morgan fingerprint density at radius 2 is 1.94 bits per heavy atom. The molecule has 0 bridgehead atoms. The van der Waals surface area contributed by atoms with Crippen LogP contribution in [0.1, 0.15) is 43.6 Å². The molecule has 0 atom stereocenters. The molecule has 0 radical (unpaired) electrons. The highest BCUT2D eigenvalue weighted by Gasteiger charge is 2.37. The van der Waals surface area contributed by atoms with Gasteiger partial charge in [0, 0.05) is 25.9 Å². The van der Waals surface area contributed by atoms with Crippen LogP contribution in [0.15, 0.2) is 6.07 Å². The lowest BCUT2D eigenvalue weighted by Crippen LogP contribution is -2.33. The lowest BCUT2D eigenvalue weighted by molar-refractivity contribution is -0.0515. The summed E-state index contributed by atoms with van der Waals surface area (Å²) in [6.07, 6.45) is 5.72. The van der Waals surface area contributed by atoms with Crippen molar-refractivity contribution in [2.75, 3.05) is 19.5 Å². The molecule has 1 aromatic rings. The topological polar surface area (TPSA) is 47.0 Å². The molecule has 4 heteroatoms. The fourth-order valence-corrected chi connectivity index (χ4v) is 2.54. The van der Waals surface area contributed by atoms with E-state index in [1.165, 1.54) is 19.3 Å². The number of aromatic nitrogens is 2. The molecule has 2 rings (SSSR count). The minimum Gasteiger partial charge on any atom is -0.373 e. The second-order valence-corrected chi connectivity index (χ2v) is 4.73. The lowest BCUT2D eigenvalue weighted by atomic mass is 9.84. The predicted molar refractivity (Wildman–Crippen MR) is 68.1 cm³/mol. The van der Waals surface area contributed by atoms with E-state index in [1.54, 1.807) is 7.11 Å². The van der Waals surface area contributed by atoms with Crippen molar-refractivity contribution in [3.63, 3.8) is 0 Å². The molecule has 1 aromatic heterocycles. The SMILES string of the molecule is CNc1cc(C)nc(C2(OC)CCCCC2)n1. The van der Waals surface area contributed by atoms with E-state index in [1.807, 2.05) is 20.0 Å². The molecule has 1 heterocycles. The van der Waals surface area contributed by atoms with Gasteiger partial charge in [0.1, 0.15) is 11.4 Å². The van der Waals surface area contributed by atoms with Crippen LogP contribution in [0.25, 0.3) is 0 Å². The van der Waals surface area contributed by atoms with Crippen molar-refractivity contribution in [1.82, 2.24) is 9.97 Å². The summed E-state index contributed by atoms with van der Waals surface area (Å²) in [5.74, 6) is 1.71. The van der Waals surface area contributed by atoms with Crippen molar-refractivity contribution >= 4 is 5.82 Å². The van der Waals surface area contributed by atoms with E-state index >= 15 is 0 Å². The summed E-state index contributed by atoms with van der Waals surface area (Å²) in [7, 11) is 3.65. The maximum absolute atomic E-state index is 5.77. The lowest BCUT2D eigenvalue weighted by Gasteiger charge is -2.34. The van der Waals surface area contributed by atoms with Gasteiger partial charge in [0.25, 0.3) is 0 Å². The van der Waals surface area contributed by atoms with Gasteiger partial charge < -0.3 is 10.1 Å². The predicted octanol–water partition coefficient (Wildman–Crippen LogP) is 2.63. The van der Waals surface area contributed by atoms with Gasteiger partial charge in [-0.1, -0.05) is 19.3 Å². The van der Waals surface area contributed by atoms with E-state index < -0.39 is 0 Å². The Balaban J connectivity index is 2.38. The first-order valence-corrected chi connectivity index (χ1v) is 6.29. The molecule has 0 amide bonds. The summed E-state index contributed by atoms with van der Waals surface area (Å²) in [4.78, 5) is 9.14. The molecule has 1 aliphatic rings. The zero-order valence-corrected chi connectivity index (χ0v) is 10.9. The number of aryl methyl sites for hydroxylation is 1. The molecule has 1 saturated carbocycles. The molecule has 1 fully saturated rings. The zero-order chi connectivity index (χ0) is 12.3. The number of hydrogen-bond donors (Lipinski definition) is 1. The van der Waals surface area contributed by atoms with Crippen LogP contribution >= 0.6 is 0 Å². The Labute approximate surface area is 103 Å². The highest BCUT2D eigenvalue weighted by molar-refractivity contribution is 5.35. The van der Waals surface area contributed by atoms with Gasteiger partial charge in [-0.25, -0.2) is 9.97 Å². The van der Waals surface area contributed by atoms with Gasteiger partial charge in [-0.05, 0) is 19.8 Å². The summed E-state index contributed by atoms with van der Waals surface area (Å²) >= 11 is 0. The van der Waals surface area contributed by atoms with Crippen molar-refractivity contribution < 1.29 is 4.74 Å². The van der Waals surface area contributed by atoms with Gasteiger partial charge in [0.2, 0.25) is 0 Å². The Kier molecular flexibility index (Phi) is 3.62. The summed E-state index contributed by atoms with van der Waals surface area (Å²) in [5.41, 5.74) is 0.719. The Bertz CT molecular complexity index is 386. The quantitative estimate of drug-likeness (QED) is 0.875. The molecule has 0 unspecified atom stereocenters. The van der Waals surface area contributed by atoms with Crippen LogP contribution in [0.4, 0.5) is 5.82 Å². The minimum atomic E-state index is -0.268. The maximum atomic E-state index is 5.77. The van der Waals surface area contributed by atoms with Gasteiger partial charge >= 0.3 is 0 Å². The Morgan fingerprint density at radius 3 is 2.53 bits per heavy atom. The minimum absolute atomic E-state index is 0.268. The first-order valence-electron chi connectivity index (χ1n) is 6.29. The van der Waals surface area contributed by atoms with Crippen LogP contribution in [0.3, 0.4) is 0 Å². The van der Waals surface area contributed by atoms with Gasteiger partial charge in [-0.3, -0.25) is 0 Å². The first kappa shape index (κ1) is 12.3. The standard InChI is InChI=1S/C13H21N3O/c1-10-9-11(14-2)16-12(15-10)13(17-3)7-5-4-6-8-13/h9H,4-8H2,1-3H3,(H,14,15,16). The van der Waals surface area contributed by atoms with Crippen molar-refractivity contribution in [3.8, 4) is 0 Å². The smallest absolute Gasteiger partial charge is 0.162 e. The Morgan fingerprint density at radius 1 is 1.24 bits per heavy atom. The van der Waals surface area contributed by atoms with Crippen LogP contribution in [0.5, 0.6) is 0 Å². The molecular formula is C13H21N3O. The van der Waals surface area contributed by atoms with Crippen molar-refractivity contribution in [1.29, 1.82) is 0 Å². The molecule has 0 aliphatic heterocycles. The fraction of sp³-hybridized carbons (Fsp3) is 0.692. The summed E-state index contributed by atoms with van der Waals surface area (Å²) in [6, 6.07) is 1.95. The third-order valence-corrected chi connectivity index (χ3v) is 3.57. The molecular weight excluding hydrogens is 214 g/mol. The van der Waals surface area contributed by atoms with E-state index in [0.29, 0.717) is 0 Å². The number of methoxy groups -OCH3 is 1. The van der Waals surface area contributed by atoms with Crippen LogP contribution in [-0.2, 0) is 10.3 Å². The fourth-order valence-electron chi connectivity index (χ4n) is 2.54. The average Bonchev–Trinajstić information content (AvgIpc) is 2.38. The average molecular weight is 235 g/mol. The zero-order valence-electron chi connectivity index (χ0n) is 10.9. The van der Waals surface area contributed by atoms with E-state index in [0.717, 1.165) is 30.2 Å². The number of rotatable bonds is 3. The van der Waals surface area contributed by atoms with Gasteiger partial charge in [0.05, 0.1) is 0 Å². The third kappa shape index (κ3) is 2.41. The van der Waals surface area contributed by atoms with Crippen molar-refractivity contribution in [2.45, 2.75) is 44.6 Å². The number of hydrogen-bond acceptors (Lipinski definition) is 4. The number of nitrogens with one attached hydrogen (secondary N) is 1. The van der Waals surface area contributed by atoms with E-state index in [9.17, 15) is 0 Å². The van der Waals surface area contributed by atoms with Gasteiger partial charge in [-0.2, -0.15) is 0 Å². The summed E-state index contributed by atoms with van der Waals surface area (Å²) < 4.78 is 5.77. The van der Waals surface area contributed by atoms with E-state index in [2.05, 4.69) is 15.3 Å². The molecule has 1 aliphatic carbocycles. The second kappa shape index (κ2) is 5.00. The number of anilines is 1. The molecule has 0 spiro atoms. The van der Waals surface area contributed by atoms with Crippen LogP contribution < -0.4 is 5.32 Å². The van der Waals surface area contributed by atoms with Gasteiger partial charge in [-0.15, -0.1) is 0 Å². The van der Waals surface area contributed by atoms with Crippen LogP contribution in [0, 0.1) is 6.92 Å². The van der Waals surface area contributed by atoms with Crippen LogP contribution in [-0.4, -0.2) is 24.1 Å². The van der Waals surface area contributed by atoms with E-state index in [-0.39, 0.29) is 5.60 Å². The van der Waals surface area contributed by atoms with Crippen molar-refractivity contribution in [2.24, 2.45) is 0 Å². The molecule has 0 saturated heterocycles. The van der Waals surface area contributed by atoms with Gasteiger partial charge in [0.15, 0.2) is 5.82 Å². The maximum Gasteiger partial charge on any atom is 0.162 e. The number of ether oxygens (including phenoxy) is 1. The normalized spacial score (nSPS) is 19.0.